The summed E-state index contributed by atoms with van der Waals surface area (Å²) < 4.78 is 4.42. The largest absolute Gasteiger partial charge is 0.317 e. The quantitative estimate of drug-likeness (QED) is 0.188. The van der Waals surface area contributed by atoms with Crippen LogP contribution in [0.2, 0.25) is 0 Å². The van der Waals surface area contributed by atoms with Crippen LogP contribution in [0.5, 0.6) is 0 Å². The van der Waals surface area contributed by atoms with Crippen molar-refractivity contribution in [3.8, 4) is 45.7 Å². The van der Waals surface area contributed by atoms with Gasteiger partial charge in [0.05, 0.1) is 33.5 Å². The molecule has 10 rings (SSSR count). The van der Waals surface area contributed by atoms with Crippen LogP contribution in [0.25, 0.3) is 89.3 Å². The Morgan fingerprint density at radius 3 is 1.76 bits per heavy atom. The van der Waals surface area contributed by atoms with Crippen LogP contribution in [0.4, 0.5) is 0 Å². The molecule has 4 aromatic heterocycles. The number of aromatic nitrogens is 6. The second kappa shape index (κ2) is 11.4. The summed E-state index contributed by atoms with van der Waals surface area (Å²) in [6.07, 6.45) is 2.14. The first-order valence-electron chi connectivity index (χ1n) is 16.7. The minimum Gasteiger partial charge on any atom is -0.317 e. The zero-order valence-electron chi connectivity index (χ0n) is 26.8. The summed E-state index contributed by atoms with van der Waals surface area (Å²) in [7, 11) is 0. The molecular formula is C44H28N6. The van der Waals surface area contributed by atoms with Crippen molar-refractivity contribution in [1.29, 1.82) is 0 Å². The summed E-state index contributed by atoms with van der Waals surface area (Å²) in [4.78, 5) is 20.8. The van der Waals surface area contributed by atoms with Gasteiger partial charge in [0.2, 0.25) is 5.95 Å². The maximum absolute atomic E-state index is 5.34. The van der Waals surface area contributed by atoms with E-state index in [0.717, 1.165) is 71.8 Å². The van der Waals surface area contributed by atoms with E-state index in [2.05, 4.69) is 118 Å². The fourth-order valence-corrected chi connectivity index (χ4v) is 7.03. The van der Waals surface area contributed by atoms with E-state index >= 15 is 0 Å². The van der Waals surface area contributed by atoms with E-state index in [1.165, 1.54) is 0 Å². The highest BCUT2D eigenvalue weighted by atomic mass is 15.2. The summed E-state index contributed by atoms with van der Waals surface area (Å²) in [6.45, 7) is 0. The molecular weight excluding hydrogens is 613 g/mol. The summed E-state index contributed by atoms with van der Waals surface area (Å²) >= 11 is 0. The topological polar surface area (TPSA) is 61.4 Å². The molecule has 4 heterocycles. The maximum Gasteiger partial charge on any atom is 0.235 e. The standard InChI is InChI=1S/C44H28N6/c1-4-14-29(15-5-1)37-28-38(30-16-6-2-7-17-30)46-43(45-37)42-34-21-10-12-22-36(34)47-44(48-42)50-39-23-13-11-20-33(39)35-27-40-31(26-41(35)50)24-25-49(40)32-18-8-3-9-19-32/h1-28H. The fraction of sp³-hybridized carbons (Fsp3) is 0. The van der Waals surface area contributed by atoms with Crippen LogP contribution in [0.3, 0.4) is 0 Å². The van der Waals surface area contributed by atoms with Gasteiger partial charge in [0, 0.05) is 44.6 Å². The number of nitrogens with zero attached hydrogens (tertiary/aromatic N) is 6. The second-order valence-electron chi connectivity index (χ2n) is 12.4. The number of hydrogen-bond donors (Lipinski definition) is 0. The van der Waals surface area contributed by atoms with Crippen LogP contribution in [0.1, 0.15) is 0 Å². The van der Waals surface area contributed by atoms with Crippen molar-refractivity contribution in [2.45, 2.75) is 0 Å². The molecule has 0 unspecified atom stereocenters. The predicted molar refractivity (Wildman–Crippen MR) is 203 cm³/mol. The lowest BCUT2D eigenvalue weighted by Crippen LogP contribution is -2.05. The van der Waals surface area contributed by atoms with Gasteiger partial charge in [-0.2, -0.15) is 0 Å². The summed E-state index contributed by atoms with van der Waals surface area (Å²) in [5, 5.41) is 4.30. The first-order chi connectivity index (χ1) is 24.8. The average molecular weight is 641 g/mol. The van der Waals surface area contributed by atoms with Gasteiger partial charge in [-0.25, -0.2) is 19.9 Å². The molecule has 0 bridgehead atoms. The van der Waals surface area contributed by atoms with E-state index in [9.17, 15) is 0 Å². The molecule has 0 saturated carbocycles. The van der Waals surface area contributed by atoms with Crippen LogP contribution in [0.15, 0.2) is 170 Å². The Morgan fingerprint density at radius 2 is 1.04 bits per heavy atom. The smallest absolute Gasteiger partial charge is 0.235 e. The Morgan fingerprint density at radius 1 is 0.420 bits per heavy atom. The van der Waals surface area contributed by atoms with E-state index in [1.54, 1.807) is 0 Å². The van der Waals surface area contributed by atoms with Gasteiger partial charge in [0.1, 0.15) is 5.69 Å². The minimum absolute atomic E-state index is 0.549. The van der Waals surface area contributed by atoms with Crippen molar-refractivity contribution in [2.75, 3.05) is 0 Å². The maximum atomic E-state index is 5.34. The summed E-state index contributed by atoms with van der Waals surface area (Å²) in [5.74, 6) is 1.12. The second-order valence-corrected chi connectivity index (χ2v) is 12.4. The Kier molecular flexibility index (Phi) is 6.39. The third kappa shape index (κ3) is 4.58. The molecule has 0 atom stereocenters. The third-order valence-electron chi connectivity index (χ3n) is 9.39. The molecule has 0 aliphatic carbocycles. The van der Waals surface area contributed by atoms with Crippen LogP contribution in [-0.4, -0.2) is 29.1 Å². The number of fused-ring (bicyclic) bond motifs is 5. The monoisotopic (exact) mass is 640 g/mol. The zero-order chi connectivity index (χ0) is 33.0. The van der Waals surface area contributed by atoms with Gasteiger partial charge in [0.25, 0.3) is 0 Å². The molecule has 0 spiro atoms. The van der Waals surface area contributed by atoms with Crippen molar-refractivity contribution in [3.05, 3.63) is 170 Å². The first-order valence-corrected chi connectivity index (χ1v) is 16.7. The van der Waals surface area contributed by atoms with Gasteiger partial charge in [-0.05, 0) is 48.5 Å². The summed E-state index contributed by atoms with van der Waals surface area (Å²) in [6, 6.07) is 56.3. The molecule has 6 nitrogen and oxygen atoms in total. The Balaban J connectivity index is 1.24. The molecule has 234 valence electrons. The van der Waals surface area contributed by atoms with Gasteiger partial charge in [0.15, 0.2) is 5.82 Å². The molecule has 0 aliphatic rings. The van der Waals surface area contributed by atoms with Crippen molar-refractivity contribution in [1.82, 2.24) is 29.1 Å². The number of benzene rings is 6. The van der Waals surface area contributed by atoms with Gasteiger partial charge in [-0.3, -0.25) is 4.57 Å². The van der Waals surface area contributed by atoms with Gasteiger partial charge >= 0.3 is 0 Å². The number of rotatable bonds is 5. The molecule has 0 N–H and O–H groups in total. The predicted octanol–water partition coefficient (Wildman–Crippen LogP) is 10.5. The lowest BCUT2D eigenvalue weighted by atomic mass is 10.1. The van der Waals surface area contributed by atoms with E-state index in [1.807, 2.05) is 60.7 Å². The third-order valence-corrected chi connectivity index (χ3v) is 9.39. The van der Waals surface area contributed by atoms with Crippen LogP contribution in [-0.2, 0) is 0 Å². The van der Waals surface area contributed by atoms with Crippen LogP contribution >= 0.6 is 0 Å². The van der Waals surface area contributed by atoms with Crippen LogP contribution < -0.4 is 0 Å². The molecule has 10 aromatic rings. The average Bonchev–Trinajstić information content (AvgIpc) is 3.76. The van der Waals surface area contributed by atoms with Gasteiger partial charge < -0.3 is 4.57 Å². The molecule has 0 fully saturated rings. The normalized spacial score (nSPS) is 11.6. The Hall–Kier alpha value is -6.92. The molecule has 6 heteroatoms. The highest BCUT2D eigenvalue weighted by molar-refractivity contribution is 6.13. The van der Waals surface area contributed by atoms with E-state index < -0.39 is 0 Å². The molecule has 50 heavy (non-hydrogen) atoms. The van der Waals surface area contributed by atoms with Gasteiger partial charge in [-0.1, -0.05) is 115 Å². The van der Waals surface area contributed by atoms with Crippen molar-refractivity contribution in [2.24, 2.45) is 0 Å². The SMILES string of the molecule is c1ccc(-c2cc(-c3ccccc3)nc(-c3nc(-n4c5ccccc5c5cc6c(ccn6-c6ccccc6)cc54)nc4ccccc34)n2)cc1. The Bertz CT molecular complexity index is 2800. The highest BCUT2D eigenvalue weighted by Crippen LogP contribution is 2.37. The number of para-hydroxylation sites is 3. The minimum atomic E-state index is 0.549. The zero-order valence-corrected chi connectivity index (χ0v) is 26.8. The Labute approximate surface area is 287 Å². The lowest BCUT2D eigenvalue weighted by molar-refractivity contribution is 1.00. The van der Waals surface area contributed by atoms with E-state index in [0.29, 0.717) is 17.5 Å². The first kappa shape index (κ1) is 28.1. The molecule has 0 saturated heterocycles. The van der Waals surface area contributed by atoms with Crippen LogP contribution in [0, 0.1) is 0 Å². The highest BCUT2D eigenvalue weighted by Gasteiger charge is 2.20. The van der Waals surface area contributed by atoms with Crippen molar-refractivity contribution in [3.63, 3.8) is 0 Å². The molecule has 0 aliphatic heterocycles. The van der Waals surface area contributed by atoms with Crippen molar-refractivity contribution < 1.29 is 0 Å². The lowest BCUT2D eigenvalue weighted by Gasteiger charge is -2.13. The van der Waals surface area contributed by atoms with E-state index in [4.69, 9.17) is 19.9 Å². The molecule has 0 radical (unpaired) electrons. The van der Waals surface area contributed by atoms with Crippen molar-refractivity contribution >= 4 is 43.6 Å². The summed E-state index contributed by atoms with van der Waals surface area (Å²) in [5.41, 5.74) is 9.55. The number of hydrogen-bond acceptors (Lipinski definition) is 4. The van der Waals surface area contributed by atoms with Gasteiger partial charge in [-0.15, -0.1) is 0 Å². The van der Waals surface area contributed by atoms with E-state index in [-0.39, 0.29) is 0 Å². The fourth-order valence-electron chi connectivity index (χ4n) is 7.03. The molecule has 6 aromatic carbocycles. The molecule has 0 amide bonds.